The summed E-state index contributed by atoms with van der Waals surface area (Å²) in [5.41, 5.74) is 2.40. The Morgan fingerprint density at radius 3 is 2.68 bits per heavy atom. The molecular formula is C15H11ClF2N2O2. The number of alkyl halides is 2. The fourth-order valence-electron chi connectivity index (χ4n) is 2.20. The topological polar surface area (TPSA) is 57.9 Å². The van der Waals surface area contributed by atoms with Crippen molar-refractivity contribution in [2.75, 3.05) is 6.61 Å². The van der Waals surface area contributed by atoms with Crippen LogP contribution < -0.4 is 10.4 Å². The van der Waals surface area contributed by atoms with Crippen molar-refractivity contribution in [2.45, 2.75) is 6.43 Å². The van der Waals surface area contributed by atoms with Gasteiger partial charge in [0.2, 0.25) is 0 Å². The van der Waals surface area contributed by atoms with Gasteiger partial charge in [0, 0.05) is 5.56 Å². The summed E-state index contributed by atoms with van der Waals surface area (Å²) in [5, 5.41) is 0.250. The number of ether oxygens (including phenoxy) is 1. The Balaban J connectivity index is 2.02. The van der Waals surface area contributed by atoms with Gasteiger partial charge in [0.1, 0.15) is 12.4 Å². The highest BCUT2D eigenvalue weighted by Gasteiger charge is 2.12. The zero-order valence-corrected chi connectivity index (χ0v) is 12.0. The van der Waals surface area contributed by atoms with E-state index >= 15 is 0 Å². The smallest absolute Gasteiger partial charge is 0.323 e. The minimum absolute atomic E-state index is 0.196. The molecule has 0 aliphatic rings. The molecule has 0 spiro atoms. The second-order valence-corrected chi connectivity index (χ2v) is 5.04. The third kappa shape index (κ3) is 2.82. The molecule has 0 aliphatic heterocycles. The number of hydrogen-bond donors (Lipinski definition) is 2. The second-order valence-electron chi connectivity index (χ2n) is 4.66. The van der Waals surface area contributed by atoms with Crippen LogP contribution in [0.15, 0.2) is 41.2 Å². The molecule has 2 aromatic carbocycles. The highest BCUT2D eigenvalue weighted by molar-refractivity contribution is 6.34. The lowest BCUT2D eigenvalue weighted by molar-refractivity contribution is 0.0820. The lowest BCUT2D eigenvalue weighted by Gasteiger charge is -2.11. The van der Waals surface area contributed by atoms with Crippen LogP contribution in [0.25, 0.3) is 22.2 Å². The van der Waals surface area contributed by atoms with Gasteiger partial charge in [-0.05, 0) is 23.8 Å². The van der Waals surface area contributed by atoms with Crippen molar-refractivity contribution in [1.82, 2.24) is 9.97 Å². The number of fused-ring (bicyclic) bond motifs is 1. The lowest BCUT2D eigenvalue weighted by Crippen LogP contribution is -2.07. The molecule has 1 heterocycles. The average Bonchev–Trinajstić information content (AvgIpc) is 2.85. The molecule has 0 bridgehead atoms. The summed E-state index contributed by atoms with van der Waals surface area (Å²) in [6.45, 7) is -0.715. The van der Waals surface area contributed by atoms with Crippen LogP contribution >= 0.6 is 11.6 Å². The van der Waals surface area contributed by atoms with E-state index in [1.165, 1.54) is 6.07 Å². The molecule has 114 valence electrons. The van der Waals surface area contributed by atoms with Crippen molar-refractivity contribution in [3.63, 3.8) is 0 Å². The number of hydrogen-bond acceptors (Lipinski definition) is 2. The molecule has 1 aromatic heterocycles. The van der Waals surface area contributed by atoms with Gasteiger partial charge in [-0.1, -0.05) is 29.8 Å². The standard InChI is InChI=1S/C15H11ClF2N2O2/c16-14-9(2-1-3-12(14)22-7-13(17)18)8-4-5-10-11(6-8)20-15(21)19-10/h1-6,13H,7H2,(H2,19,20,21). The Bertz CT molecular complexity index is 873. The number of nitrogens with one attached hydrogen (secondary N) is 2. The minimum Gasteiger partial charge on any atom is -0.486 e. The van der Waals surface area contributed by atoms with Crippen molar-refractivity contribution < 1.29 is 13.5 Å². The first-order chi connectivity index (χ1) is 10.5. The number of aromatic amines is 2. The molecule has 0 radical (unpaired) electrons. The minimum atomic E-state index is -2.57. The second kappa shape index (κ2) is 5.81. The predicted molar refractivity (Wildman–Crippen MR) is 80.9 cm³/mol. The monoisotopic (exact) mass is 324 g/mol. The number of halogens is 3. The first-order valence-electron chi connectivity index (χ1n) is 6.46. The van der Waals surface area contributed by atoms with Crippen molar-refractivity contribution in [2.24, 2.45) is 0 Å². The van der Waals surface area contributed by atoms with E-state index in [9.17, 15) is 13.6 Å². The molecule has 4 nitrogen and oxygen atoms in total. The summed E-state index contributed by atoms with van der Waals surface area (Å²) in [4.78, 5) is 16.6. The maximum Gasteiger partial charge on any atom is 0.323 e. The summed E-state index contributed by atoms with van der Waals surface area (Å²) in [5.74, 6) is 0.196. The number of H-pyrrole nitrogens is 2. The highest BCUT2D eigenvalue weighted by atomic mass is 35.5. The average molecular weight is 325 g/mol. The van der Waals surface area contributed by atoms with E-state index in [0.29, 0.717) is 16.6 Å². The highest BCUT2D eigenvalue weighted by Crippen LogP contribution is 2.36. The van der Waals surface area contributed by atoms with E-state index in [1.54, 1.807) is 30.3 Å². The quantitative estimate of drug-likeness (QED) is 0.766. The molecule has 7 heteroatoms. The first-order valence-corrected chi connectivity index (χ1v) is 6.84. The SMILES string of the molecule is O=c1[nH]c2ccc(-c3cccc(OCC(F)F)c3Cl)cc2[nH]1. The normalized spacial score (nSPS) is 11.3. The van der Waals surface area contributed by atoms with E-state index in [-0.39, 0.29) is 16.5 Å². The third-order valence-corrected chi connectivity index (χ3v) is 3.54. The molecule has 0 fully saturated rings. The Kier molecular flexibility index (Phi) is 3.85. The van der Waals surface area contributed by atoms with Crippen LogP contribution in [0.5, 0.6) is 5.75 Å². The van der Waals surface area contributed by atoms with Crippen molar-refractivity contribution >= 4 is 22.6 Å². The van der Waals surface area contributed by atoms with Crippen LogP contribution in [0.2, 0.25) is 5.02 Å². The number of imidazole rings is 1. The Morgan fingerprint density at radius 1 is 1.14 bits per heavy atom. The van der Waals surface area contributed by atoms with Crippen molar-refractivity contribution in [3.05, 3.63) is 51.9 Å². The number of benzene rings is 2. The lowest BCUT2D eigenvalue weighted by atomic mass is 10.0. The maximum atomic E-state index is 12.2. The van der Waals surface area contributed by atoms with Crippen LogP contribution in [0.4, 0.5) is 8.78 Å². The fourth-order valence-corrected chi connectivity index (χ4v) is 2.49. The Hall–Kier alpha value is -2.34. The molecule has 0 aliphatic carbocycles. The Labute approximate surface area is 128 Å². The molecule has 3 rings (SSSR count). The third-order valence-electron chi connectivity index (χ3n) is 3.16. The van der Waals surface area contributed by atoms with Gasteiger partial charge in [0.15, 0.2) is 0 Å². The Morgan fingerprint density at radius 2 is 1.91 bits per heavy atom. The largest absolute Gasteiger partial charge is 0.486 e. The van der Waals surface area contributed by atoms with Gasteiger partial charge in [-0.2, -0.15) is 0 Å². The zero-order valence-electron chi connectivity index (χ0n) is 11.2. The summed E-state index contributed by atoms with van der Waals surface area (Å²) in [6.07, 6.45) is -2.57. The van der Waals surface area contributed by atoms with Gasteiger partial charge >= 0.3 is 5.69 Å². The molecule has 2 N–H and O–H groups in total. The summed E-state index contributed by atoms with van der Waals surface area (Å²) < 4.78 is 29.5. The van der Waals surface area contributed by atoms with Crippen LogP contribution in [0, 0.1) is 0 Å². The fraction of sp³-hybridized carbons (Fsp3) is 0.133. The molecule has 0 atom stereocenters. The molecule has 22 heavy (non-hydrogen) atoms. The van der Waals surface area contributed by atoms with Crippen molar-refractivity contribution in [1.29, 1.82) is 0 Å². The van der Waals surface area contributed by atoms with E-state index < -0.39 is 13.0 Å². The van der Waals surface area contributed by atoms with Gasteiger partial charge in [-0.3, -0.25) is 0 Å². The van der Waals surface area contributed by atoms with Crippen LogP contribution in [0.1, 0.15) is 0 Å². The predicted octanol–water partition coefficient (Wildman–Crippen LogP) is 3.82. The first kappa shape index (κ1) is 14.6. The molecule has 0 unspecified atom stereocenters. The van der Waals surface area contributed by atoms with Gasteiger partial charge in [-0.25, -0.2) is 13.6 Å². The van der Waals surface area contributed by atoms with Gasteiger partial charge in [-0.15, -0.1) is 0 Å². The van der Waals surface area contributed by atoms with E-state index in [1.807, 2.05) is 0 Å². The molecule has 0 saturated carbocycles. The molecular weight excluding hydrogens is 314 g/mol. The number of aromatic nitrogens is 2. The van der Waals surface area contributed by atoms with Crippen LogP contribution in [-0.2, 0) is 0 Å². The summed E-state index contributed by atoms with van der Waals surface area (Å²) >= 11 is 6.23. The molecule has 0 amide bonds. The van der Waals surface area contributed by atoms with E-state index in [0.717, 1.165) is 5.56 Å². The zero-order chi connectivity index (χ0) is 15.7. The van der Waals surface area contributed by atoms with Gasteiger partial charge in [0.05, 0.1) is 16.1 Å². The maximum absolute atomic E-state index is 12.2. The van der Waals surface area contributed by atoms with Crippen LogP contribution in [-0.4, -0.2) is 23.0 Å². The number of rotatable bonds is 4. The van der Waals surface area contributed by atoms with E-state index in [4.69, 9.17) is 16.3 Å². The van der Waals surface area contributed by atoms with Gasteiger partial charge < -0.3 is 14.7 Å². The van der Waals surface area contributed by atoms with Gasteiger partial charge in [0.25, 0.3) is 6.43 Å². The summed E-state index contributed by atoms with van der Waals surface area (Å²) in [6, 6.07) is 10.2. The van der Waals surface area contributed by atoms with E-state index in [2.05, 4.69) is 9.97 Å². The van der Waals surface area contributed by atoms with Crippen molar-refractivity contribution in [3.8, 4) is 16.9 Å². The molecule has 3 aromatic rings. The summed E-state index contributed by atoms with van der Waals surface area (Å²) in [7, 11) is 0. The molecule has 0 saturated heterocycles. The van der Waals surface area contributed by atoms with Crippen LogP contribution in [0.3, 0.4) is 0 Å².